The second-order valence-corrected chi connectivity index (χ2v) is 8.22. The SMILES string of the molecule is Clc1ccc(CCN2CCC[C@@H](OC(c3ccccc3)c3ccccc3)C2)cc1. The molecular formula is C26H28ClNO. The Balaban J connectivity index is 1.40. The zero-order valence-corrected chi connectivity index (χ0v) is 17.5. The Kier molecular flexibility index (Phi) is 7.00. The van der Waals surface area contributed by atoms with Gasteiger partial charge in [0.05, 0.1) is 6.10 Å². The molecule has 0 saturated carbocycles. The van der Waals surface area contributed by atoms with Gasteiger partial charge in [0.25, 0.3) is 0 Å². The molecule has 0 spiro atoms. The van der Waals surface area contributed by atoms with Crippen molar-refractivity contribution < 1.29 is 4.74 Å². The Morgan fingerprint density at radius 1 is 0.862 bits per heavy atom. The molecule has 0 unspecified atom stereocenters. The molecule has 29 heavy (non-hydrogen) atoms. The number of likely N-dealkylation sites (tertiary alicyclic amines) is 1. The van der Waals surface area contributed by atoms with Gasteiger partial charge in [-0.25, -0.2) is 0 Å². The fourth-order valence-corrected chi connectivity index (χ4v) is 4.19. The van der Waals surface area contributed by atoms with Gasteiger partial charge >= 0.3 is 0 Å². The monoisotopic (exact) mass is 405 g/mol. The first kappa shape index (κ1) is 20.2. The second kappa shape index (κ2) is 10.1. The van der Waals surface area contributed by atoms with Crippen LogP contribution < -0.4 is 0 Å². The molecule has 1 atom stereocenters. The van der Waals surface area contributed by atoms with E-state index in [0.29, 0.717) is 0 Å². The molecule has 150 valence electrons. The van der Waals surface area contributed by atoms with E-state index in [1.165, 1.54) is 23.1 Å². The number of hydrogen-bond donors (Lipinski definition) is 0. The first-order valence-electron chi connectivity index (χ1n) is 10.5. The highest BCUT2D eigenvalue weighted by molar-refractivity contribution is 6.30. The van der Waals surface area contributed by atoms with Crippen LogP contribution in [0.3, 0.4) is 0 Å². The lowest BCUT2D eigenvalue weighted by molar-refractivity contribution is -0.0330. The van der Waals surface area contributed by atoms with Gasteiger partial charge in [0.1, 0.15) is 6.10 Å². The topological polar surface area (TPSA) is 12.5 Å². The lowest BCUT2D eigenvalue weighted by Crippen LogP contribution is -2.41. The van der Waals surface area contributed by atoms with E-state index in [1.54, 1.807) is 0 Å². The van der Waals surface area contributed by atoms with Gasteiger partial charge in [-0.2, -0.15) is 0 Å². The molecule has 2 nitrogen and oxygen atoms in total. The number of rotatable bonds is 7. The molecular weight excluding hydrogens is 378 g/mol. The van der Waals surface area contributed by atoms with Crippen LogP contribution in [0.15, 0.2) is 84.9 Å². The van der Waals surface area contributed by atoms with Crippen molar-refractivity contribution in [2.24, 2.45) is 0 Å². The minimum atomic E-state index is -0.0152. The van der Waals surface area contributed by atoms with Crippen molar-refractivity contribution in [3.63, 3.8) is 0 Å². The number of benzene rings is 3. The standard InChI is InChI=1S/C26H28ClNO/c27-24-15-13-21(14-16-24)17-19-28-18-7-12-25(20-28)29-26(22-8-3-1-4-9-22)23-10-5-2-6-11-23/h1-6,8-11,13-16,25-26H,7,12,17-20H2/t25-/m1/s1. The van der Waals surface area contributed by atoms with Crippen molar-refractivity contribution in [3.8, 4) is 0 Å². The van der Waals surface area contributed by atoms with E-state index in [-0.39, 0.29) is 12.2 Å². The summed E-state index contributed by atoms with van der Waals surface area (Å²) >= 11 is 6.00. The average molecular weight is 406 g/mol. The zero-order chi connectivity index (χ0) is 19.9. The fourth-order valence-electron chi connectivity index (χ4n) is 4.06. The predicted molar refractivity (Wildman–Crippen MR) is 120 cm³/mol. The number of ether oxygens (including phenoxy) is 1. The van der Waals surface area contributed by atoms with Gasteiger partial charge in [0, 0.05) is 18.1 Å². The average Bonchev–Trinajstić information content (AvgIpc) is 2.79. The molecule has 1 heterocycles. The summed E-state index contributed by atoms with van der Waals surface area (Å²) in [6, 6.07) is 29.4. The summed E-state index contributed by atoms with van der Waals surface area (Å²) in [5.74, 6) is 0. The van der Waals surface area contributed by atoms with Crippen LogP contribution in [0.4, 0.5) is 0 Å². The Hall–Kier alpha value is -2.13. The van der Waals surface area contributed by atoms with E-state index >= 15 is 0 Å². The van der Waals surface area contributed by atoms with Crippen molar-refractivity contribution in [2.75, 3.05) is 19.6 Å². The van der Waals surface area contributed by atoms with Crippen molar-refractivity contribution in [1.29, 1.82) is 0 Å². The van der Waals surface area contributed by atoms with Crippen LogP contribution in [-0.4, -0.2) is 30.6 Å². The normalized spacial score (nSPS) is 17.5. The largest absolute Gasteiger partial charge is 0.364 e. The Morgan fingerprint density at radius 3 is 2.10 bits per heavy atom. The Bertz CT molecular complexity index is 827. The van der Waals surface area contributed by atoms with Crippen molar-refractivity contribution in [1.82, 2.24) is 4.90 Å². The van der Waals surface area contributed by atoms with Gasteiger partial charge in [-0.1, -0.05) is 84.4 Å². The maximum Gasteiger partial charge on any atom is 0.108 e. The third-order valence-electron chi connectivity index (χ3n) is 5.63. The third-order valence-corrected chi connectivity index (χ3v) is 5.88. The highest BCUT2D eigenvalue weighted by Crippen LogP contribution is 2.29. The predicted octanol–water partition coefficient (Wildman–Crippen LogP) is 6.15. The molecule has 0 aliphatic carbocycles. The van der Waals surface area contributed by atoms with E-state index in [0.717, 1.165) is 37.5 Å². The first-order chi connectivity index (χ1) is 14.3. The molecule has 1 aliphatic heterocycles. The molecule has 0 N–H and O–H groups in total. The third kappa shape index (κ3) is 5.70. The first-order valence-corrected chi connectivity index (χ1v) is 10.9. The summed E-state index contributed by atoms with van der Waals surface area (Å²) in [5, 5.41) is 0.799. The van der Waals surface area contributed by atoms with Crippen molar-refractivity contribution in [2.45, 2.75) is 31.5 Å². The molecule has 0 amide bonds. The van der Waals surface area contributed by atoms with Gasteiger partial charge in [-0.15, -0.1) is 0 Å². The van der Waals surface area contributed by atoms with Gasteiger partial charge in [-0.05, 0) is 54.6 Å². The van der Waals surface area contributed by atoms with E-state index in [9.17, 15) is 0 Å². The number of halogens is 1. The number of nitrogens with zero attached hydrogens (tertiary/aromatic N) is 1. The molecule has 1 saturated heterocycles. The van der Waals surface area contributed by atoms with Gasteiger partial charge in [0.2, 0.25) is 0 Å². The van der Waals surface area contributed by atoms with Crippen molar-refractivity contribution in [3.05, 3.63) is 107 Å². The van der Waals surface area contributed by atoms with Gasteiger partial charge in [0.15, 0.2) is 0 Å². The lowest BCUT2D eigenvalue weighted by Gasteiger charge is -2.35. The molecule has 3 aromatic rings. The summed E-state index contributed by atoms with van der Waals surface area (Å²) in [6.45, 7) is 3.20. The summed E-state index contributed by atoms with van der Waals surface area (Å²) in [7, 11) is 0. The van der Waals surface area contributed by atoms with Gasteiger partial charge in [-0.3, -0.25) is 0 Å². The fraction of sp³-hybridized carbons (Fsp3) is 0.308. The smallest absolute Gasteiger partial charge is 0.108 e. The molecule has 0 bridgehead atoms. The minimum Gasteiger partial charge on any atom is -0.364 e. The molecule has 1 aliphatic rings. The minimum absolute atomic E-state index is 0.0152. The van der Waals surface area contributed by atoms with Crippen LogP contribution in [0.5, 0.6) is 0 Å². The van der Waals surface area contributed by atoms with E-state index < -0.39 is 0 Å². The van der Waals surface area contributed by atoms with Crippen LogP contribution in [0.25, 0.3) is 0 Å². The summed E-state index contributed by atoms with van der Waals surface area (Å²) in [6.07, 6.45) is 3.58. The van der Waals surface area contributed by atoms with Gasteiger partial charge < -0.3 is 9.64 Å². The van der Waals surface area contributed by atoms with Crippen LogP contribution in [0.1, 0.15) is 35.6 Å². The van der Waals surface area contributed by atoms with E-state index in [4.69, 9.17) is 16.3 Å². The van der Waals surface area contributed by atoms with E-state index in [2.05, 4.69) is 77.7 Å². The van der Waals surface area contributed by atoms with Crippen molar-refractivity contribution >= 4 is 11.6 Å². The van der Waals surface area contributed by atoms with Crippen LogP contribution >= 0.6 is 11.6 Å². The Morgan fingerprint density at radius 2 is 1.48 bits per heavy atom. The maximum absolute atomic E-state index is 6.70. The highest BCUT2D eigenvalue weighted by atomic mass is 35.5. The van der Waals surface area contributed by atoms with E-state index in [1.807, 2.05) is 12.1 Å². The Labute approximate surface area is 179 Å². The summed E-state index contributed by atoms with van der Waals surface area (Å²) < 4.78 is 6.70. The second-order valence-electron chi connectivity index (χ2n) is 7.78. The van der Waals surface area contributed by atoms with Crippen LogP contribution in [-0.2, 0) is 11.2 Å². The maximum atomic E-state index is 6.70. The summed E-state index contributed by atoms with van der Waals surface area (Å²) in [5.41, 5.74) is 3.78. The van der Waals surface area contributed by atoms with Crippen LogP contribution in [0, 0.1) is 0 Å². The number of piperidine rings is 1. The summed E-state index contributed by atoms with van der Waals surface area (Å²) in [4.78, 5) is 2.54. The molecule has 1 fully saturated rings. The highest BCUT2D eigenvalue weighted by Gasteiger charge is 2.25. The zero-order valence-electron chi connectivity index (χ0n) is 16.7. The molecule has 0 aromatic heterocycles. The lowest BCUT2D eigenvalue weighted by atomic mass is 10.00. The van der Waals surface area contributed by atoms with Crippen LogP contribution in [0.2, 0.25) is 5.02 Å². The molecule has 0 radical (unpaired) electrons. The molecule has 3 heteroatoms. The molecule has 4 rings (SSSR count). The quantitative estimate of drug-likeness (QED) is 0.467. The number of hydrogen-bond acceptors (Lipinski definition) is 2. The molecule has 3 aromatic carbocycles.